The molecule has 0 aliphatic carbocycles. The van der Waals surface area contributed by atoms with E-state index in [1.165, 1.54) is 11.9 Å². The Hall–Kier alpha value is -2.90. The van der Waals surface area contributed by atoms with Gasteiger partial charge in [0.25, 0.3) is 0 Å². The zero-order valence-corrected chi connectivity index (χ0v) is 23.7. The van der Waals surface area contributed by atoms with E-state index < -0.39 is 36.0 Å². The summed E-state index contributed by atoms with van der Waals surface area (Å²) in [5.74, 6) is -2.43. The SMILES string of the molecule is C=C1CC(=O)N[C@@H](C)C(=O)N(C)[C@@H](C(C)C)C(=O)NCC(=O)O[C@@H](/C(C)=C/C(C)=C/C(C)(C)C)[C@H]1C. The Morgan fingerprint density at radius 2 is 1.72 bits per heavy atom. The number of carbonyl (C=O) groups is 4. The number of nitrogens with one attached hydrogen (secondary N) is 2. The number of allylic oxidation sites excluding steroid dienone is 3. The summed E-state index contributed by atoms with van der Waals surface area (Å²) in [6.07, 6.45) is 3.39. The molecule has 0 aromatic rings. The molecule has 1 aliphatic heterocycles. The molecule has 4 atom stereocenters. The lowest BCUT2D eigenvalue weighted by Crippen LogP contribution is -2.55. The number of nitrogens with zero attached hydrogens (tertiary/aromatic N) is 1. The summed E-state index contributed by atoms with van der Waals surface area (Å²) < 4.78 is 5.83. The lowest BCUT2D eigenvalue weighted by molar-refractivity contribution is -0.149. The minimum atomic E-state index is -0.828. The van der Waals surface area contributed by atoms with Crippen molar-refractivity contribution in [3.8, 4) is 0 Å². The number of likely N-dealkylation sites (N-methyl/N-ethyl adjacent to an activating group) is 1. The molecule has 0 spiro atoms. The van der Waals surface area contributed by atoms with Gasteiger partial charge in [-0.15, -0.1) is 0 Å². The van der Waals surface area contributed by atoms with Gasteiger partial charge >= 0.3 is 5.97 Å². The molecule has 202 valence electrons. The molecule has 1 heterocycles. The molecular weight excluding hydrogens is 458 g/mol. The predicted octanol–water partition coefficient (Wildman–Crippen LogP) is 3.54. The third-order valence-electron chi connectivity index (χ3n) is 6.13. The van der Waals surface area contributed by atoms with Crippen LogP contribution in [0.15, 0.2) is 35.5 Å². The molecule has 8 nitrogen and oxygen atoms in total. The minimum absolute atomic E-state index is 0.0224. The highest BCUT2D eigenvalue weighted by atomic mass is 16.5. The molecule has 1 fully saturated rings. The van der Waals surface area contributed by atoms with Crippen LogP contribution in [0.1, 0.15) is 68.7 Å². The minimum Gasteiger partial charge on any atom is -0.456 e. The summed E-state index contributed by atoms with van der Waals surface area (Å²) in [5, 5.41) is 5.33. The van der Waals surface area contributed by atoms with Gasteiger partial charge in [0.15, 0.2) is 0 Å². The number of esters is 1. The highest BCUT2D eigenvalue weighted by molar-refractivity contribution is 5.93. The number of hydrogen-bond donors (Lipinski definition) is 2. The number of cyclic esters (lactones) is 1. The van der Waals surface area contributed by atoms with Crippen LogP contribution in [-0.4, -0.2) is 60.4 Å². The zero-order chi connectivity index (χ0) is 28.0. The maximum absolute atomic E-state index is 12.9. The van der Waals surface area contributed by atoms with Gasteiger partial charge in [0.05, 0.1) is 0 Å². The highest BCUT2D eigenvalue weighted by Crippen LogP contribution is 2.27. The number of ether oxygens (including phenoxy) is 1. The molecule has 0 unspecified atom stereocenters. The quantitative estimate of drug-likeness (QED) is 0.348. The van der Waals surface area contributed by atoms with Gasteiger partial charge in [0.2, 0.25) is 17.7 Å². The topological polar surface area (TPSA) is 105 Å². The van der Waals surface area contributed by atoms with Gasteiger partial charge in [0, 0.05) is 19.4 Å². The summed E-state index contributed by atoms with van der Waals surface area (Å²) in [5.41, 5.74) is 2.37. The third-order valence-corrected chi connectivity index (χ3v) is 6.13. The fraction of sp³-hybridized carbons (Fsp3) is 0.643. The van der Waals surface area contributed by atoms with E-state index in [2.05, 4.69) is 44.1 Å². The van der Waals surface area contributed by atoms with E-state index in [1.54, 1.807) is 6.92 Å². The van der Waals surface area contributed by atoms with E-state index in [-0.39, 0.29) is 36.1 Å². The van der Waals surface area contributed by atoms with Crippen LogP contribution in [0.4, 0.5) is 0 Å². The van der Waals surface area contributed by atoms with Crippen molar-refractivity contribution < 1.29 is 23.9 Å². The predicted molar refractivity (Wildman–Crippen MR) is 142 cm³/mol. The van der Waals surface area contributed by atoms with Crippen LogP contribution in [0.25, 0.3) is 0 Å². The fourth-order valence-corrected chi connectivity index (χ4v) is 4.51. The first-order valence-corrected chi connectivity index (χ1v) is 12.5. The molecular formula is C28H45N3O5. The van der Waals surface area contributed by atoms with E-state index in [1.807, 2.05) is 40.7 Å². The smallest absolute Gasteiger partial charge is 0.326 e. The Bertz CT molecular complexity index is 926. The van der Waals surface area contributed by atoms with Crippen molar-refractivity contribution >= 4 is 23.7 Å². The van der Waals surface area contributed by atoms with Crippen LogP contribution in [0.3, 0.4) is 0 Å². The van der Waals surface area contributed by atoms with Crippen LogP contribution < -0.4 is 10.6 Å². The molecule has 1 saturated heterocycles. The van der Waals surface area contributed by atoms with Crippen molar-refractivity contribution in [3.63, 3.8) is 0 Å². The first kappa shape index (κ1) is 31.1. The van der Waals surface area contributed by atoms with E-state index in [4.69, 9.17) is 4.74 Å². The van der Waals surface area contributed by atoms with Gasteiger partial charge in [-0.2, -0.15) is 0 Å². The Morgan fingerprint density at radius 3 is 2.25 bits per heavy atom. The number of amides is 3. The van der Waals surface area contributed by atoms with E-state index >= 15 is 0 Å². The molecule has 1 aliphatic rings. The van der Waals surface area contributed by atoms with Gasteiger partial charge in [0.1, 0.15) is 24.7 Å². The second kappa shape index (κ2) is 12.9. The second-order valence-electron chi connectivity index (χ2n) is 11.3. The molecule has 0 saturated carbocycles. The van der Waals surface area contributed by atoms with Crippen LogP contribution in [0.2, 0.25) is 0 Å². The zero-order valence-electron chi connectivity index (χ0n) is 23.7. The van der Waals surface area contributed by atoms with E-state index in [0.29, 0.717) is 5.57 Å². The Kier molecular flexibility index (Phi) is 11.1. The van der Waals surface area contributed by atoms with Crippen LogP contribution in [0, 0.1) is 17.3 Å². The maximum atomic E-state index is 12.9. The Labute approximate surface area is 216 Å². The molecule has 0 aromatic heterocycles. The summed E-state index contributed by atoms with van der Waals surface area (Å²) in [6, 6.07) is -1.64. The van der Waals surface area contributed by atoms with Crippen molar-refractivity contribution in [3.05, 3.63) is 35.5 Å². The largest absolute Gasteiger partial charge is 0.456 e. The molecule has 36 heavy (non-hydrogen) atoms. The summed E-state index contributed by atoms with van der Waals surface area (Å²) in [6.45, 7) is 21.0. The average Bonchev–Trinajstić information content (AvgIpc) is 2.72. The lowest BCUT2D eigenvalue weighted by Gasteiger charge is -2.32. The molecule has 0 bridgehead atoms. The number of rotatable bonds is 3. The molecule has 2 N–H and O–H groups in total. The molecule has 0 radical (unpaired) electrons. The van der Waals surface area contributed by atoms with Crippen molar-refractivity contribution in [2.24, 2.45) is 17.3 Å². The Morgan fingerprint density at radius 1 is 1.14 bits per heavy atom. The van der Waals surface area contributed by atoms with Crippen LogP contribution in [-0.2, 0) is 23.9 Å². The summed E-state index contributed by atoms with van der Waals surface area (Å²) in [4.78, 5) is 52.8. The molecule has 3 amide bonds. The van der Waals surface area contributed by atoms with Gasteiger partial charge in [-0.05, 0) is 37.7 Å². The lowest BCUT2D eigenvalue weighted by atomic mass is 9.88. The first-order valence-electron chi connectivity index (χ1n) is 12.5. The molecule has 1 rings (SSSR count). The van der Waals surface area contributed by atoms with Crippen molar-refractivity contribution in [1.29, 1.82) is 0 Å². The van der Waals surface area contributed by atoms with E-state index in [0.717, 1.165) is 11.1 Å². The first-order chi connectivity index (χ1) is 16.4. The standard InChI is InChI=1S/C28H45N3O5/c1-16(2)24-26(34)29-15-23(33)36-25(19(5)12-17(3)14-28(8,9)10)20(6)18(4)13-22(32)30-21(7)27(35)31(24)11/h12,14,16,20-21,24-25H,4,13,15H2,1-3,5-11H3,(H,29,34)(H,30,32)/b17-14+,19-12+/t20-,21-,24-,25-/m0/s1. The highest BCUT2D eigenvalue weighted by Gasteiger charge is 2.34. The van der Waals surface area contributed by atoms with Gasteiger partial charge in [-0.1, -0.05) is 71.4 Å². The maximum Gasteiger partial charge on any atom is 0.326 e. The van der Waals surface area contributed by atoms with Gasteiger partial charge < -0.3 is 20.3 Å². The van der Waals surface area contributed by atoms with Crippen molar-refractivity contribution in [1.82, 2.24) is 15.5 Å². The normalized spacial score (nSPS) is 26.8. The van der Waals surface area contributed by atoms with Crippen molar-refractivity contribution in [2.75, 3.05) is 13.6 Å². The van der Waals surface area contributed by atoms with Gasteiger partial charge in [-0.25, -0.2) is 0 Å². The summed E-state index contributed by atoms with van der Waals surface area (Å²) >= 11 is 0. The number of carbonyl (C=O) groups excluding carboxylic acids is 4. The number of hydrogen-bond acceptors (Lipinski definition) is 5. The molecule has 0 aromatic carbocycles. The fourth-order valence-electron chi connectivity index (χ4n) is 4.51. The second-order valence-corrected chi connectivity index (χ2v) is 11.3. The third kappa shape index (κ3) is 9.28. The summed E-state index contributed by atoms with van der Waals surface area (Å²) in [7, 11) is 1.52. The average molecular weight is 504 g/mol. The van der Waals surface area contributed by atoms with Crippen LogP contribution in [0.5, 0.6) is 0 Å². The Balaban J connectivity index is 3.40. The van der Waals surface area contributed by atoms with E-state index in [9.17, 15) is 19.2 Å². The van der Waals surface area contributed by atoms with Crippen LogP contribution >= 0.6 is 0 Å². The van der Waals surface area contributed by atoms with Gasteiger partial charge in [-0.3, -0.25) is 19.2 Å². The monoisotopic (exact) mass is 503 g/mol. The molecule has 8 heteroatoms. The van der Waals surface area contributed by atoms with Crippen molar-refractivity contribution in [2.45, 2.75) is 86.9 Å².